The predicted octanol–water partition coefficient (Wildman–Crippen LogP) is 3.06. The molecule has 0 unspecified atom stereocenters. The molecule has 1 amide bonds. The molecule has 21 heavy (non-hydrogen) atoms. The van der Waals surface area contributed by atoms with Gasteiger partial charge < -0.3 is 15.2 Å². The van der Waals surface area contributed by atoms with Crippen LogP contribution < -0.4 is 10.1 Å². The van der Waals surface area contributed by atoms with Gasteiger partial charge in [-0.25, -0.2) is 4.79 Å². The molecular weight excluding hydrogens is 294 g/mol. The number of nitrogens with one attached hydrogen (secondary N) is 1. The smallest absolute Gasteiger partial charge is 0.335 e. The number of ether oxygens (including phenoxy) is 1. The minimum Gasteiger partial charge on any atom is -0.484 e. The van der Waals surface area contributed by atoms with Crippen molar-refractivity contribution < 1.29 is 19.4 Å². The molecule has 0 aliphatic heterocycles. The maximum absolute atomic E-state index is 11.7. The van der Waals surface area contributed by atoms with Gasteiger partial charge in [0.2, 0.25) is 0 Å². The van der Waals surface area contributed by atoms with E-state index >= 15 is 0 Å². The van der Waals surface area contributed by atoms with Crippen LogP contribution in [0.15, 0.2) is 48.5 Å². The maximum Gasteiger partial charge on any atom is 0.335 e. The van der Waals surface area contributed by atoms with Crippen molar-refractivity contribution in [3.05, 3.63) is 59.1 Å². The lowest BCUT2D eigenvalue weighted by atomic mass is 10.2. The number of halogens is 1. The lowest BCUT2D eigenvalue weighted by Crippen LogP contribution is -2.20. The minimum atomic E-state index is -1.01. The van der Waals surface area contributed by atoms with Gasteiger partial charge >= 0.3 is 5.97 Å². The Bertz CT molecular complexity index is 638. The van der Waals surface area contributed by atoms with Crippen molar-refractivity contribution in [2.45, 2.75) is 0 Å². The van der Waals surface area contributed by atoms with Gasteiger partial charge in [-0.15, -0.1) is 0 Å². The molecule has 0 saturated carbocycles. The van der Waals surface area contributed by atoms with Crippen LogP contribution in [0, 0.1) is 0 Å². The summed E-state index contributed by atoms with van der Waals surface area (Å²) < 4.78 is 5.29. The van der Waals surface area contributed by atoms with Crippen molar-refractivity contribution in [2.75, 3.05) is 11.9 Å². The number of benzene rings is 2. The van der Waals surface area contributed by atoms with E-state index in [4.69, 9.17) is 21.4 Å². The van der Waals surface area contributed by atoms with Crippen LogP contribution in [-0.2, 0) is 4.79 Å². The van der Waals surface area contributed by atoms with Crippen molar-refractivity contribution in [1.82, 2.24) is 0 Å². The van der Waals surface area contributed by atoms with Crippen LogP contribution in [0.2, 0.25) is 5.02 Å². The lowest BCUT2D eigenvalue weighted by Gasteiger charge is -2.07. The van der Waals surface area contributed by atoms with Gasteiger partial charge in [0.25, 0.3) is 5.91 Å². The zero-order valence-corrected chi connectivity index (χ0v) is 11.6. The molecular formula is C15H12ClNO4. The molecule has 0 bridgehead atoms. The van der Waals surface area contributed by atoms with E-state index in [-0.39, 0.29) is 18.1 Å². The second-order valence-corrected chi connectivity index (χ2v) is 4.61. The zero-order chi connectivity index (χ0) is 15.2. The predicted molar refractivity (Wildman–Crippen MR) is 79.0 cm³/mol. The van der Waals surface area contributed by atoms with Crippen LogP contribution in [0.25, 0.3) is 0 Å². The number of carbonyl (C=O) groups is 2. The van der Waals surface area contributed by atoms with Gasteiger partial charge in [-0.2, -0.15) is 0 Å². The summed E-state index contributed by atoms with van der Waals surface area (Å²) >= 11 is 5.74. The Kier molecular flexibility index (Phi) is 4.79. The number of anilines is 1. The first-order valence-electron chi connectivity index (χ1n) is 6.06. The third-order valence-corrected chi connectivity index (χ3v) is 2.85. The number of aromatic carboxylic acids is 1. The first-order chi connectivity index (χ1) is 10.0. The van der Waals surface area contributed by atoms with Gasteiger partial charge in [0, 0.05) is 10.7 Å². The van der Waals surface area contributed by atoms with Crippen molar-refractivity contribution in [1.29, 1.82) is 0 Å². The number of carbonyl (C=O) groups excluding carboxylic acids is 1. The second kappa shape index (κ2) is 6.76. The van der Waals surface area contributed by atoms with Crippen LogP contribution >= 0.6 is 11.6 Å². The fourth-order valence-electron chi connectivity index (χ4n) is 1.57. The Balaban J connectivity index is 1.86. The van der Waals surface area contributed by atoms with Gasteiger partial charge in [0.05, 0.1) is 5.56 Å². The minimum absolute atomic E-state index is 0.150. The molecule has 2 aromatic carbocycles. The molecule has 5 nitrogen and oxygen atoms in total. The Morgan fingerprint density at radius 3 is 2.24 bits per heavy atom. The number of amides is 1. The van der Waals surface area contributed by atoms with Gasteiger partial charge in [-0.05, 0) is 48.5 Å². The summed E-state index contributed by atoms with van der Waals surface area (Å²) in [6.45, 7) is -0.150. The van der Waals surface area contributed by atoms with Crippen molar-refractivity contribution in [3.8, 4) is 5.75 Å². The Labute approximate surface area is 126 Å². The maximum atomic E-state index is 11.7. The lowest BCUT2D eigenvalue weighted by molar-refractivity contribution is -0.118. The first kappa shape index (κ1) is 14.9. The first-order valence-corrected chi connectivity index (χ1v) is 6.44. The van der Waals surface area contributed by atoms with Gasteiger partial charge in [0.15, 0.2) is 6.61 Å². The highest BCUT2D eigenvalue weighted by Gasteiger charge is 2.06. The topological polar surface area (TPSA) is 75.6 Å². The molecule has 0 atom stereocenters. The molecule has 0 saturated heterocycles. The second-order valence-electron chi connectivity index (χ2n) is 4.17. The molecule has 0 aromatic heterocycles. The fraction of sp³-hybridized carbons (Fsp3) is 0.0667. The quantitative estimate of drug-likeness (QED) is 0.890. The summed E-state index contributed by atoms with van der Waals surface area (Å²) in [5.74, 6) is -0.817. The summed E-state index contributed by atoms with van der Waals surface area (Å²) in [5.41, 5.74) is 0.662. The molecule has 0 radical (unpaired) electrons. The largest absolute Gasteiger partial charge is 0.484 e. The molecule has 0 fully saturated rings. The van der Waals surface area contributed by atoms with Crippen molar-refractivity contribution >= 4 is 29.2 Å². The van der Waals surface area contributed by atoms with E-state index in [0.717, 1.165) is 0 Å². The van der Waals surface area contributed by atoms with E-state index in [1.165, 1.54) is 24.3 Å². The summed E-state index contributed by atoms with van der Waals surface area (Å²) in [7, 11) is 0. The summed E-state index contributed by atoms with van der Waals surface area (Å²) in [6, 6.07) is 12.5. The average Bonchev–Trinajstić information content (AvgIpc) is 2.47. The Morgan fingerprint density at radius 1 is 1.05 bits per heavy atom. The monoisotopic (exact) mass is 305 g/mol. The average molecular weight is 306 g/mol. The van der Waals surface area contributed by atoms with Crippen LogP contribution in [0.4, 0.5) is 5.69 Å². The summed E-state index contributed by atoms with van der Waals surface area (Å²) in [4.78, 5) is 22.4. The van der Waals surface area contributed by atoms with Gasteiger partial charge in [0.1, 0.15) is 5.75 Å². The van der Waals surface area contributed by atoms with Crippen molar-refractivity contribution in [3.63, 3.8) is 0 Å². The highest BCUT2D eigenvalue weighted by Crippen LogP contribution is 2.15. The third kappa shape index (κ3) is 4.50. The molecule has 108 valence electrons. The van der Waals surface area contributed by atoms with E-state index in [1.54, 1.807) is 24.3 Å². The molecule has 0 aliphatic carbocycles. The molecule has 0 spiro atoms. The molecule has 2 rings (SSSR count). The Morgan fingerprint density at radius 2 is 1.67 bits per heavy atom. The number of rotatable bonds is 5. The highest BCUT2D eigenvalue weighted by atomic mass is 35.5. The van der Waals surface area contributed by atoms with Gasteiger partial charge in [-0.3, -0.25) is 4.79 Å². The summed E-state index contributed by atoms with van der Waals surface area (Å²) in [6.07, 6.45) is 0. The molecule has 2 aromatic rings. The number of hydrogen-bond acceptors (Lipinski definition) is 3. The fourth-order valence-corrected chi connectivity index (χ4v) is 1.70. The van der Waals surface area contributed by atoms with Crippen LogP contribution in [-0.4, -0.2) is 23.6 Å². The molecule has 0 aliphatic rings. The van der Waals surface area contributed by atoms with Crippen LogP contribution in [0.1, 0.15) is 10.4 Å². The third-order valence-electron chi connectivity index (χ3n) is 2.60. The SMILES string of the molecule is O=C(COc1ccc(Cl)cc1)Nc1ccc(C(=O)O)cc1. The van der Waals surface area contributed by atoms with E-state index in [1.807, 2.05) is 0 Å². The summed E-state index contributed by atoms with van der Waals surface area (Å²) in [5, 5.41) is 12.0. The molecule has 2 N–H and O–H groups in total. The van der Waals surface area contributed by atoms with E-state index in [2.05, 4.69) is 5.32 Å². The number of carboxylic acid groups (broad SMARTS) is 1. The number of carboxylic acids is 1. The van der Waals surface area contributed by atoms with Crippen LogP contribution in [0.3, 0.4) is 0 Å². The normalized spacial score (nSPS) is 9.95. The zero-order valence-electron chi connectivity index (χ0n) is 10.9. The Hall–Kier alpha value is -2.53. The van der Waals surface area contributed by atoms with E-state index in [9.17, 15) is 9.59 Å². The highest BCUT2D eigenvalue weighted by molar-refractivity contribution is 6.30. The van der Waals surface area contributed by atoms with Crippen LogP contribution in [0.5, 0.6) is 5.75 Å². The van der Waals surface area contributed by atoms with E-state index in [0.29, 0.717) is 16.5 Å². The molecule has 0 heterocycles. The number of hydrogen-bond donors (Lipinski definition) is 2. The van der Waals surface area contributed by atoms with Gasteiger partial charge in [-0.1, -0.05) is 11.6 Å². The van der Waals surface area contributed by atoms with E-state index < -0.39 is 5.97 Å². The standard InChI is InChI=1S/C15H12ClNO4/c16-11-3-7-13(8-4-11)21-9-14(18)17-12-5-1-10(2-6-12)15(19)20/h1-8H,9H2,(H,17,18)(H,19,20). The van der Waals surface area contributed by atoms with Crippen molar-refractivity contribution in [2.24, 2.45) is 0 Å². The molecule has 6 heteroatoms.